The third-order valence-electron chi connectivity index (χ3n) is 2.97. The van der Waals surface area contributed by atoms with Gasteiger partial charge in [0.25, 0.3) is 0 Å². The van der Waals surface area contributed by atoms with E-state index in [0.717, 1.165) is 0 Å². The van der Waals surface area contributed by atoms with E-state index >= 15 is 0 Å². The second kappa shape index (κ2) is 7.53. The first-order valence-corrected chi connectivity index (χ1v) is 7.45. The molecule has 2 aromatic rings. The number of phenols is 1. The Kier molecular flexibility index (Phi) is 5.69. The number of hydrogen-bond donors (Lipinski definition) is 1. The molecule has 0 fully saturated rings. The van der Waals surface area contributed by atoms with E-state index in [1.54, 1.807) is 6.92 Å². The summed E-state index contributed by atoms with van der Waals surface area (Å²) in [5, 5.41) is 9.85. The van der Waals surface area contributed by atoms with Gasteiger partial charge in [0.1, 0.15) is 12.4 Å². The van der Waals surface area contributed by atoms with Crippen LogP contribution in [0.4, 0.5) is 4.39 Å². The van der Waals surface area contributed by atoms with Gasteiger partial charge in [-0.1, -0.05) is 29.3 Å². The molecule has 0 heterocycles. The van der Waals surface area contributed by atoms with Crippen molar-refractivity contribution >= 4 is 29.2 Å². The van der Waals surface area contributed by atoms with Crippen LogP contribution in [0.2, 0.25) is 10.0 Å². The lowest BCUT2D eigenvalue weighted by Crippen LogP contribution is -2.07. The molecule has 1 N–H and O–H groups in total. The van der Waals surface area contributed by atoms with Crippen LogP contribution in [0.1, 0.15) is 22.8 Å². The number of ether oxygens (including phenoxy) is 2. The summed E-state index contributed by atoms with van der Waals surface area (Å²) < 4.78 is 23.9. The van der Waals surface area contributed by atoms with E-state index in [-0.39, 0.29) is 45.9 Å². The SMILES string of the molecule is CCOc1cc(C(=O)OCc2c(F)cccc2Cl)cc(Cl)c1O. The molecular weight excluding hydrogens is 346 g/mol. The van der Waals surface area contributed by atoms with Gasteiger partial charge >= 0.3 is 5.97 Å². The van der Waals surface area contributed by atoms with Crippen LogP contribution in [0.3, 0.4) is 0 Å². The Hall–Kier alpha value is -1.98. The summed E-state index contributed by atoms with van der Waals surface area (Å²) in [5.41, 5.74) is 0.154. The fourth-order valence-electron chi connectivity index (χ4n) is 1.85. The number of hydrogen-bond acceptors (Lipinski definition) is 4. The van der Waals surface area contributed by atoms with Gasteiger partial charge in [-0.25, -0.2) is 9.18 Å². The molecule has 0 saturated carbocycles. The molecule has 0 aromatic heterocycles. The van der Waals surface area contributed by atoms with Crippen LogP contribution in [-0.4, -0.2) is 17.7 Å². The van der Waals surface area contributed by atoms with Crippen molar-refractivity contribution in [2.75, 3.05) is 6.61 Å². The first kappa shape index (κ1) is 17.4. The number of carbonyl (C=O) groups excluding carboxylic acids is 1. The van der Waals surface area contributed by atoms with Crippen molar-refractivity contribution in [1.29, 1.82) is 0 Å². The first-order chi connectivity index (χ1) is 10.9. The van der Waals surface area contributed by atoms with Gasteiger partial charge in [0.15, 0.2) is 11.5 Å². The zero-order valence-corrected chi connectivity index (χ0v) is 13.6. The number of benzene rings is 2. The second-order valence-electron chi connectivity index (χ2n) is 4.51. The standard InChI is InChI=1S/C16H13Cl2FO4/c1-2-22-14-7-9(6-12(18)15(14)20)16(21)23-8-10-11(17)4-3-5-13(10)19/h3-7,20H,2,8H2,1H3. The number of aromatic hydroxyl groups is 1. The molecule has 0 atom stereocenters. The summed E-state index contributed by atoms with van der Waals surface area (Å²) in [7, 11) is 0. The Morgan fingerprint density at radius 1 is 1.26 bits per heavy atom. The van der Waals surface area contributed by atoms with Gasteiger partial charge in [-0.15, -0.1) is 0 Å². The van der Waals surface area contributed by atoms with Gasteiger partial charge in [-0.2, -0.15) is 0 Å². The molecule has 2 aromatic carbocycles. The average molecular weight is 359 g/mol. The van der Waals surface area contributed by atoms with Crippen LogP contribution < -0.4 is 4.74 Å². The first-order valence-electron chi connectivity index (χ1n) is 6.69. The van der Waals surface area contributed by atoms with Crippen LogP contribution in [0, 0.1) is 5.82 Å². The smallest absolute Gasteiger partial charge is 0.338 e. The van der Waals surface area contributed by atoms with Gasteiger partial charge in [-0.3, -0.25) is 0 Å². The molecule has 4 nitrogen and oxygen atoms in total. The molecule has 0 radical (unpaired) electrons. The van der Waals surface area contributed by atoms with Crippen molar-refractivity contribution in [3.8, 4) is 11.5 Å². The Labute approximate surface area is 142 Å². The van der Waals surface area contributed by atoms with Crippen molar-refractivity contribution in [3.05, 3.63) is 57.3 Å². The predicted octanol–water partition coefficient (Wildman–Crippen LogP) is 4.59. The van der Waals surface area contributed by atoms with E-state index in [1.807, 2.05) is 0 Å². The minimum absolute atomic E-state index is 0.0492. The van der Waals surface area contributed by atoms with E-state index < -0.39 is 11.8 Å². The number of carbonyl (C=O) groups is 1. The summed E-state index contributed by atoms with van der Waals surface area (Å²) in [6.45, 7) is 1.68. The minimum atomic E-state index is -0.743. The van der Waals surface area contributed by atoms with E-state index in [4.69, 9.17) is 32.7 Å². The summed E-state index contributed by atoms with van der Waals surface area (Å²) in [6.07, 6.45) is 0. The Balaban J connectivity index is 2.18. The van der Waals surface area contributed by atoms with Gasteiger partial charge in [0, 0.05) is 5.56 Å². The largest absolute Gasteiger partial charge is 0.503 e. The zero-order valence-electron chi connectivity index (χ0n) is 12.1. The maximum absolute atomic E-state index is 13.6. The number of halogens is 3. The predicted molar refractivity (Wildman–Crippen MR) is 84.8 cm³/mol. The third-order valence-corrected chi connectivity index (χ3v) is 3.62. The molecule has 0 spiro atoms. The van der Waals surface area contributed by atoms with E-state index in [9.17, 15) is 14.3 Å². The normalized spacial score (nSPS) is 10.4. The van der Waals surface area contributed by atoms with E-state index in [2.05, 4.69) is 0 Å². The third kappa shape index (κ3) is 4.06. The molecular formula is C16H13Cl2FO4. The Bertz CT molecular complexity index is 714. The maximum Gasteiger partial charge on any atom is 0.338 e. The summed E-state index contributed by atoms with van der Waals surface area (Å²) in [4.78, 5) is 12.1. The quantitative estimate of drug-likeness (QED) is 0.793. The fraction of sp³-hybridized carbons (Fsp3) is 0.188. The number of phenolic OH excluding ortho intramolecular Hbond substituents is 1. The van der Waals surface area contributed by atoms with Crippen LogP contribution >= 0.6 is 23.2 Å². The summed E-state index contributed by atoms with van der Waals surface area (Å²) in [6, 6.07) is 6.72. The lowest BCUT2D eigenvalue weighted by Gasteiger charge is -2.11. The molecule has 0 saturated heterocycles. The van der Waals surface area contributed by atoms with Gasteiger partial charge in [0.05, 0.1) is 22.2 Å². The average Bonchev–Trinajstić information content (AvgIpc) is 2.51. The summed E-state index contributed by atoms with van der Waals surface area (Å²) in [5.74, 6) is -1.51. The molecule has 2 rings (SSSR count). The molecule has 122 valence electrons. The highest BCUT2D eigenvalue weighted by molar-refractivity contribution is 6.32. The lowest BCUT2D eigenvalue weighted by molar-refractivity contribution is 0.0468. The highest BCUT2D eigenvalue weighted by Crippen LogP contribution is 2.35. The molecule has 0 aliphatic carbocycles. The topological polar surface area (TPSA) is 55.8 Å². The summed E-state index contributed by atoms with van der Waals surface area (Å²) >= 11 is 11.7. The van der Waals surface area contributed by atoms with Crippen molar-refractivity contribution < 1.29 is 23.8 Å². The van der Waals surface area contributed by atoms with Crippen molar-refractivity contribution in [3.63, 3.8) is 0 Å². The number of esters is 1. The molecule has 23 heavy (non-hydrogen) atoms. The van der Waals surface area contributed by atoms with Crippen molar-refractivity contribution in [1.82, 2.24) is 0 Å². The van der Waals surface area contributed by atoms with Crippen LogP contribution in [0.25, 0.3) is 0 Å². The second-order valence-corrected chi connectivity index (χ2v) is 5.33. The zero-order chi connectivity index (χ0) is 17.0. The van der Waals surface area contributed by atoms with Crippen molar-refractivity contribution in [2.45, 2.75) is 13.5 Å². The Morgan fingerprint density at radius 3 is 2.65 bits per heavy atom. The minimum Gasteiger partial charge on any atom is -0.503 e. The lowest BCUT2D eigenvalue weighted by atomic mass is 10.2. The van der Waals surface area contributed by atoms with Gasteiger partial charge in [0.2, 0.25) is 0 Å². The molecule has 0 aliphatic heterocycles. The van der Waals surface area contributed by atoms with E-state index in [1.165, 1.54) is 30.3 Å². The molecule has 0 bridgehead atoms. The Morgan fingerprint density at radius 2 is 2.00 bits per heavy atom. The van der Waals surface area contributed by atoms with Crippen LogP contribution in [-0.2, 0) is 11.3 Å². The van der Waals surface area contributed by atoms with Gasteiger partial charge < -0.3 is 14.6 Å². The fourth-order valence-corrected chi connectivity index (χ4v) is 2.28. The van der Waals surface area contributed by atoms with Crippen molar-refractivity contribution in [2.24, 2.45) is 0 Å². The highest BCUT2D eigenvalue weighted by atomic mass is 35.5. The molecule has 0 aliphatic rings. The molecule has 0 unspecified atom stereocenters. The van der Waals surface area contributed by atoms with Crippen LogP contribution in [0.5, 0.6) is 11.5 Å². The monoisotopic (exact) mass is 358 g/mol. The van der Waals surface area contributed by atoms with E-state index in [0.29, 0.717) is 0 Å². The maximum atomic E-state index is 13.6. The van der Waals surface area contributed by atoms with Gasteiger partial charge in [-0.05, 0) is 31.2 Å². The van der Waals surface area contributed by atoms with Crippen LogP contribution in [0.15, 0.2) is 30.3 Å². The molecule has 7 heteroatoms. The molecule has 0 amide bonds. The number of rotatable bonds is 5. The highest BCUT2D eigenvalue weighted by Gasteiger charge is 2.17.